The molecule has 0 radical (unpaired) electrons. The van der Waals surface area contributed by atoms with Crippen molar-refractivity contribution in [1.82, 2.24) is 0 Å². The van der Waals surface area contributed by atoms with Crippen LogP contribution in [0.4, 0.5) is 11.4 Å². The molecule has 0 saturated heterocycles. The highest BCUT2D eigenvalue weighted by Crippen LogP contribution is 2.27. The molecule has 0 aliphatic heterocycles. The maximum absolute atomic E-state index is 10.9. The summed E-state index contributed by atoms with van der Waals surface area (Å²) in [5, 5.41) is 14.1. The molecule has 0 unspecified atom stereocenters. The Kier molecular flexibility index (Phi) is 6.89. The van der Waals surface area contributed by atoms with E-state index < -0.39 is 0 Å². The second-order valence-electron chi connectivity index (χ2n) is 4.47. The zero-order valence-electron chi connectivity index (χ0n) is 11.6. The van der Waals surface area contributed by atoms with E-state index in [2.05, 4.69) is 12.2 Å². The van der Waals surface area contributed by atoms with Crippen molar-refractivity contribution in [1.29, 1.82) is 0 Å². The van der Waals surface area contributed by atoms with Gasteiger partial charge in [-0.1, -0.05) is 25.5 Å². The van der Waals surface area contributed by atoms with E-state index in [1.807, 2.05) is 13.0 Å². The maximum Gasteiger partial charge on any atom is 0.292 e. The molecule has 1 rings (SSSR count). The lowest BCUT2D eigenvalue weighted by atomic mass is 10.1. The van der Waals surface area contributed by atoms with Gasteiger partial charge >= 0.3 is 0 Å². The van der Waals surface area contributed by atoms with Crippen LogP contribution < -0.4 is 5.32 Å². The van der Waals surface area contributed by atoms with Crippen molar-refractivity contribution < 1.29 is 9.66 Å². The molecule has 0 amide bonds. The quantitative estimate of drug-likeness (QED) is 0.422. The number of anilines is 1. The number of rotatable bonds is 9. The standard InChI is InChI=1S/C14H22N2O3/c1-3-4-10-19-11-6-9-15-14-12(2)7-5-8-13(14)16(17)18/h5,7-8,15H,3-4,6,9-11H2,1-2H3. The van der Waals surface area contributed by atoms with Crippen LogP contribution in [0, 0.1) is 17.0 Å². The van der Waals surface area contributed by atoms with Gasteiger partial charge in [-0.3, -0.25) is 10.1 Å². The van der Waals surface area contributed by atoms with E-state index in [0.717, 1.165) is 31.4 Å². The molecule has 0 aliphatic carbocycles. The average Bonchev–Trinajstić information content (AvgIpc) is 2.39. The van der Waals surface area contributed by atoms with E-state index in [1.54, 1.807) is 6.07 Å². The molecule has 1 aromatic rings. The Labute approximate surface area is 114 Å². The van der Waals surface area contributed by atoms with Crippen molar-refractivity contribution in [3.63, 3.8) is 0 Å². The fraction of sp³-hybridized carbons (Fsp3) is 0.571. The molecule has 0 bridgehead atoms. The summed E-state index contributed by atoms with van der Waals surface area (Å²) in [5.74, 6) is 0. The zero-order chi connectivity index (χ0) is 14.1. The lowest BCUT2D eigenvalue weighted by Crippen LogP contribution is -2.09. The summed E-state index contributed by atoms with van der Waals surface area (Å²) >= 11 is 0. The second-order valence-corrected chi connectivity index (χ2v) is 4.47. The van der Waals surface area contributed by atoms with E-state index in [1.165, 1.54) is 6.07 Å². The number of nitro groups is 1. The first-order chi connectivity index (χ1) is 9.16. The first kappa shape index (κ1) is 15.4. The Bertz CT molecular complexity index is 408. The molecule has 0 heterocycles. The van der Waals surface area contributed by atoms with E-state index >= 15 is 0 Å². The highest BCUT2D eigenvalue weighted by molar-refractivity contribution is 5.65. The SMILES string of the molecule is CCCCOCCCNc1c(C)cccc1[N+](=O)[O-]. The highest BCUT2D eigenvalue weighted by atomic mass is 16.6. The molecule has 5 nitrogen and oxygen atoms in total. The van der Waals surface area contributed by atoms with Crippen molar-refractivity contribution in [3.8, 4) is 0 Å². The fourth-order valence-corrected chi connectivity index (χ4v) is 1.77. The lowest BCUT2D eigenvalue weighted by Gasteiger charge is -2.10. The van der Waals surface area contributed by atoms with E-state index in [4.69, 9.17) is 4.74 Å². The van der Waals surface area contributed by atoms with Crippen LogP contribution in [-0.4, -0.2) is 24.7 Å². The number of nitrogens with one attached hydrogen (secondary N) is 1. The normalized spacial score (nSPS) is 10.4. The third-order valence-electron chi connectivity index (χ3n) is 2.86. The monoisotopic (exact) mass is 266 g/mol. The Hall–Kier alpha value is -1.62. The predicted octanol–water partition coefficient (Wildman–Crippen LogP) is 3.52. The van der Waals surface area contributed by atoms with Crippen molar-refractivity contribution in [2.45, 2.75) is 33.1 Å². The number of hydrogen-bond donors (Lipinski definition) is 1. The number of nitro benzene ring substituents is 1. The number of para-hydroxylation sites is 1. The summed E-state index contributed by atoms with van der Waals surface area (Å²) in [4.78, 5) is 10.6. The first-order valence-electron chi connectivity index (χ1n) is 6.72. The third-order valence-corrected chi connectivity index (χ3v) is 2.86. The molecule has 0 atom stereocenters. The van der Waals surface area contributed by atoms with Gasteiger partial charge in [0.2, 0.25) is 0 Å². The minimum atomic E-state index is -0.354. The van der Waals surface area contributed by atoms with Gasteiger partial charge in [0.1, 0.15) is 5.69 Å². The molecular weight excluding hydrogens is 244 g/mol. The lowest BCUT2D eigenvalue weighted by molar-refractivity contribution is -0.384. The Morgan fingerprint density at radius 1 is 1.32 bits per heavy atom. The van der Waals surface area contributed by atoms with Gasteiger partial charge in [0.05, 0.1) is 4.92 Å². The summed E-state index contributed by atoms with van der Waals surface area (Å²) in [5.41, 5.74) is 1.63. The summed E-state index contributed by atoms with van der Waals surface area (Å²) < 4.78 is 5.45. The molecule has 5 heteroatoms. The van der Waals surface area contributed by atoms with Gasteiger partial charge in [0, 0.05) is 25.8 Å². The zero-order valence-corrected chi connectivity index (χ0v) is 11.6. The molecule has 0 spiro atoms. The molecule has 0 aromatic heterocycles. The third kappa shape index (κ3) is 5.26. The minimum absolute atomic E-state index is 0.131. The smallest absolute Gasteiger partial charge is 0.292 e. The Balaban J connectivity index is 2.38. The minimum Gasteiger partial charge on any atom is -0.381 e. The first-order valence-corrected chi connectivity index (χ1v) is 6.72. The van der Waals surface area contributed by atoms with E-state index in [9.17, 15) is 10.1 Å². The fourth-order valence-electron chi connectivity index (χ4n) is 1.77. The molecule has 106 valence electrons. The number of benzene rings is 1. The number of aryl methyl sites for hydroxylation is 1. The van der Waals surface area contributed by atoms with E-state index in [-0.39, 0.29) is 10.6 Å². The largest absolute Gasteiger partial charge is 0.381 e. The molecule has 0 saturated carbocycles. The number of ether oxygens (including phenoxy) is 1. The van der Waals surface area contributed by atoms with Crippen LogP contribution in [0.25, 0.3) is 0 Å². The van der Waals surface area contributed by atoms with Crippen LogP contribution in [0.5, 0.6) is 0 Å². The molecule has 0 aliphatic rings. The Morgan fingerprint density at radius 2 is 2.05 bits per heavy atom. The van der Waals surface area contributed by atoms with Gasteiger partial charge in [-0.05, 0) is 25.3 Å². The molecular formula is C14H22N2O3. The maximum atomic E-state index is 10.9. The van der Waals surface area contributed by atoms with Crippen LogP contribution >= 0.6 is 0 Å². The molecule has 1 N–H and O–H groups in total. The molecule has 0 fully saturated rings. The van der Waals surface area contributed by atoms with Crippen LogP contribution in [0.15, 0.2) is 18.2 Å². The van der Waals surface area contributed by atoms with Crippen LogP contribution in [0.3, 0.4) is 0 Å². The van der Waals surface area contributed by atoms with Crippen molar-refractivity contribution >= 4 is 11.4 Å². The van der Waals surface area contributed by atoms with Crippen molar-refractivity contribution in [2.24, 2.45) is 0 Å². The highest BCUT2D eigenvalue weighted by Gasteiger charge is 2.14. The molecule has 19 heavy (non-hydrogen) atoms. The molecule has 1 aromatic carbocycles. The van der Waals surface area contributed by atoms with Gasteiger partial charge in [0.15, 0.2) is 0 Å². The number of unbranched alkanes of at least 4 members (excludes halogenated alkanes) is 1. The van der Waals surface area contributed by atoms with Gasteiger partial charge in [0.25, 0.3) is 5.69 Å². The van der Waals surface area contributed by atoms with Crippen LogP contribution in [-0.2, 0) is 4.74 Å². The van der Waals surface area contributed by atoms with Crippen molar-refractivity contribution in [2.75, 3.05) is 25.1 Å². The summed E-state index contributed by atoms with van der Waals surface area (Å²) in [6.45, 7) is 6.15. The second kappa shape index (κ2) is 8.48. The summed E-state index contributed by atoms with van der Waals surface area (Å²) in [7, 11) is 0. The van der Waals surface area contributed by atoms with Gasteiger partial charge < -0.3 is 10.1 Å². The van der Waals surface area contributed by atoms with Crippen LogP contribution in [0.2, 0.25) is 0 Å². The Morgan fingerprint density at radius 3 is 2.74 bits per heavy atom. The topological polar surface area (TPSA) is 64.4 Å². The number of hydrogen-bond acceptors (Lipinski definition) is 4. The summed E-state index contributed by atoms with van der Waals surface area (Å²) in [6.07, 6.45) is 3.06. The van der Waals surface area contributed by atoms with E-state index in [0.29, 0.717) is 18.8 Å². The van der Waals surface area contributed by atoms with Gasteiger partial charge in [-0.15, -0.1) is 0 Å². The van der Waals surface area contributed by atoms with Gasteiger partial charge in [-0.2, -0.15) is 0 Å². The predicted molar refractivity (Wildman–Crippen MR) is 76.7 cm³/mol. The number of nitrogens with zero attached hydrogens (tertiary/aromatic N) is 1. The van der Waals surface area contributed by atoms with Gasteiger partial charge in [-0.25, -0.2) is 0 Å². The van der Waals surface area contributed by atoms with Crippen molar-refractivity contribution in [3.05, 3.63) is 33.9 Å². The average molecular weight is 266 g/mol. The summed E-state index contributed by atoms with van der Waals surface area (Å²) in [6, 6.07) is 5.09. The van der Waals surface area contributed by atoms with Crippen LogP contribution in [0.1, 0.15) is 31.7 Å².